The Kier molecular flexibility index (Phi) is 3.34. The molecule has 0 aromatic heterocycles. The van der Waals surface area contributed by atoms with E-state index in [1.807, 2.05) is 0 Å². The van der Waals surface area contributed by atoms with E-state index in [1.54, 1.807) is 24.3 Å². The van der Waals surface area contributed by atoms with Gasteiger partial charge in [-0.25, -0.2) is 0 Å². The summed E-state index contributed by atoms with van der Waals surface area (Å²) >= 11 is 0. The summed E-state index contributed by atoms with van der Waals surface area (Å²) in [5.74, 6) is -0.804. The molecule has 0 aliphatic heterocycles. The van der Waals surface area contributed by atoms with Gasteiger partial charge in [0.25, 0.3) is 5.91 Å². The second-order valence-electron chi connectivity index (χ2n) is 4.63. The first-order chi connectivity index (χ1) is 8.51. The summed E-state index contributed by atoms with van der Waals surface area (Å²) in [6.07, 6.45) is 1.94. The van der Waals surface area contributed by atoms with E-state index in [-0.39, 0.29) is 5.91 Å². The summed E-state index contributed by atoms with van der Waals surface area (Å²) in [6.45, 7) is 0.334. The summed E-state index contributed by atoms with van der Waals surface area (Å²) in [7, 11) is 0. The molecule has 0 atom stereocenters. The summed E-state index contributed by atoms with van der Waals surface area (Å²) in [4.78, 5) is 22.5. The van der Waals surface area contributed by atoms with Crippen LogP contribution in [0.15, 0.2) is 24.3 Å². The lowest BCUT2D eigenvalue weighted by atomic mass is 9.79. The normalized spacial score (nSPS) is 16.7. The van der Waals surface area contributed by atoms with Crippen LogP contribution in [0.1, 0.15) is 35.2 Å². The lowest BCUT2D eigenvalue weighted by molar-refractivity contribution is -0.148. The molecule has 2 amide bonds. The van der Waals surface area contributed by atoms with Gasteiger partial charge >= 0.3 is 0 Å². The Morgan fingerprint density at radius 2 is 1.89 bits per heavy atom. The fourth-order valence-electron chi connectivity index (χ4n) is 1.87. The molecule has 96 valence electrons. The fourth-order valence-corrected chi connectivity index (χ4v) is 1.87. The van der Waals surface area contributed by atoms with Gasteiger partial charge in [-0.2, -0.15) is 0 Å². The van der Waals surface area contributed by atoms with Crippen LogP contribution < -0.4 is 11.1 Å². The molecule has 5 nitrogen and oxygen atoms in total. The molecule has 5 heteroatoms. The maximum absolute atomic E-state index is 11.7. The summed E-state index contributed by atoms with van der Waals surface area (Å²) in [6, 6.07) is 6.68. The Hall–Kier alpha value is -1.88. The SMILES string of the molecule is NC(=O)c1ccc(CNC(=O)C2(O)CCC2)cc1. The van der Waals surface area contributed by atoms with Crippen molar-refractivity contribution in [2.24, 2.45) is 5.73 Å². The molecule has 1 saturated carbocycles. The molecule has 1 aliphatic rings. The van der Waals surface area contributed by atoms with Gasteiger partial charge in [0.2, 0.25) is 5.91 Å². The fraction of sp³-hybridized carbons (Fsp3) is 0.385. The summed E-state index contributed by atoms with van der Waals surface area (Å²) < 4.78 is 0. The highest BCUT2D eigenvalue weighted by Crippen LogP contribution is 2.31. The van der Waals surface area contributed by atoms with Crippen LogP contribution >= 0.6 is 0 Å². The second kappa shape index (κ2) is 4.78. The van der Waals surface area contributed by atoms with Gasteiger partial charge in [0.1, 0.15) is 5.60 Å². The number of carbonyl (C=O) groups is 2. The van der Waals surface area contributed by atoms with Crippen molar-refractivity contribution in [3.8, 4) is 0 Å². The zero-order valence-electron chi connectivity index (χ0n) is 9.98. The van der Waals surface area contributed by atoms with Crippen LogP contribution in [0.25, 0.3) is 0 Å². The van der Waals surface area contributed by atoms with Crippen molar-refractivity contribution in [2.75, 3.05) is 0 Å². The Morgan fingerprint density at radius 1 is 1.28 bits per heavy atom. The molecule has 1 aromatic carbocycles. The van der Waals surface area contributed by atoms with E-state index in [9.17, 15) is 14.7 Å². The average molecular weight is 248 g/mol. The topological polar surface area (TPSA) is 92.4 Å². The largest absolute Gasteiger partial charge is 0.380 e. The Bertz CT molecular complexity index is 464. The number of carbonyl (C=O) groups excluding carboxylic acids is 2. The Morgan fingerprint density at radius 3 is 2.33 bits per heavy atom. The molecule has 0 bridgehead atoms. The van der Waals surface area contributed by atoms with Gasteiger partial charge in [-0.15, -0.1) is 0 Å². The Balaban J connectivity index is 1.90. The van der Waals surface area contributed by atoms with Crippen LogP contribution in [0.4, 0.5) is 0 Å². The number of nitrogens with one attached hydrogen (secondary N) is 1. The molecule has 0 radical (unpaired) electrons. The van der Waals surface area contributed by atoms with Crippen LogP contribution in [-0.2, 0) is 11.3 Å². The van der Waals surface area contributed by atoms with E-state index < -0.39 is 11.5 Å². The molecule has 0 spiro atoms. The van der Waals surface area contributed by atoms with Gasteiger partial charge in [-0.1, -0.05) is 12.1 Å². The van der Waals surface area contributed by atoms with Crippen LogP contribution in [-0.4, -0.2) is 22.5 Å². The van der Waals surface area contributed by atoms with Gasteiger partial charge in [0, 0.05) is 12.1 Å². The maximum Gasteiger partial charge on any atom is 0.252 e. The van der Waals surface area contributed by atoms with Crippen molar-refractivity contribution in [3.63, 3.8) is 0 Å². The summed E-state index contributed by atoms with van der Waals surface area (Å²) in [5.41, 5.74) is 5.24. The number of hydrogen-bond acceptors (Lipinski definition) is 3. The Labute approximate surface area is 105 Å². The number of benzene rings is 1. The predicted octanol–water partition coefficient (Wildman–Crippen LogP) is 0.317. The quantitative estimate of drug-likeness (QED) is 0.716. The standard InChI is InChI=1S/C13H16N2O3/c14-11(16)10-4-2-9(3-5-10)8-15-12(17)13(18)6-1-7-13/h2-5,18H,1,6-8H2,(H2,14,16)(H,15,17). The van der Waals surface area contributed by atoms with Crippen molar-refractivity contribution in [1.29, 1.82) is 0 Å². The van der Waals surface area contributed by atoms with E-state index in [0.717, 1.165) is 12.0 Å². The molecule has 2 rings (SSSR count). The van der Waals surface area contributed by atoms with Gasteiger partial charge in [-0.05, 0) is 37.0 Å². The molecular formula is C13H16N2O3. The van der Waals surface area contributed by atoms with E-state index in [0.29, 0.717) is 24.9 Å². The number of aliphatic hydroxyl groups is 1. The minimum atomic E-state index is -1.17. The second-order valence-corrected chi connectivity index (χ2v) is 4.63. The van der Waals surface area contributed by atoms with Crippen LogP contribution in [0.5, 0.6) is 0 Å². The maximum atomic E-state index is 11.7. The first-order valence-corrected chi connectivity index (χ1v) is 5.91. The predicted molar refractivity (Wildman–Crippen MR) is 65.6 cm³/mol. The molecule has 0 heterocycles. The zero-order valence-corrected chi connectivity index (χ0v) is 9.98. The van der Waals surface area contributed by atoms with E-state index in [2.05, 4.69) is 5.32 Å². The monoisotopic (exact) mass is 248 g/mol. The molecule has 1 fully saturated rings. The lowest BCUT2D eigenvalue weighted by Gasteiger charge is -2.34. The smallest absolute Gasteiger partial charge is 0.252 e. The third-order valence-electron chi connectivity index (χ3n) is 3.29. The van der Waals surface area contributed by atoms with Crippen molar-refractivity contribution in [1.82, 2.24) is 5.32 Å². The summed E-state index contributed by atoms with van der Waals surface area (Å²) in [5, 5.41) is 12.5. The third kappa shape index (κ3) is 2.51. The molecule has 1 aromatic rings. The van der Waals surface area contributed by atoms with Crippen molar-refractivity contribution in [2.45, 2.75) is 31.4 Å². The molecule has 1 aliphatic carbocycles. The minimum Gasteiger partial charge on any atom is -0.380 e. The highest BCUT2D eigenvalue weighted by Gasteiger charge is 2.41. The lowest BCUT2D eigenvalue weighted by Crippen LogP contribution is -2.51. The number of nitrogens with two attached hydrogens (primary N) is 1. The van der Waals surface area contributed by atoms with Crippen LogP contribution in [0.2, 0.25) is 0 Å². The number of primary amides is 1. The van der Waals surface area contributed by atoms with Gasteiger partial charge in [0.15, 0.2) is 0 Å². The molecule has 0 unspecified atom stereocenters. The van der Waals surface area contributed by atoms with Crippen molar-refractivity contribution in [3.05, 3.63) is 35.4 Å². The van der Waals surface area contributed by atoms with Crippen molar-refractivity contribution < 1.29 is 14.7 Å². The zero-order chi connectivity index (χ0) is 13.2. The van der Waals surface area contributed by atoms with E-state index in [4.69, 9.17) is 5.73 Å². The minimum absolute atomic E-state index is 0.326. The number of rotatable bonds is 4. The van der Waals surface area contributed by atoms with Crippen molar-refractivity contribution >= 4 is 11.8 Å². The molecule has 0 saturated heterocycles. The molecular weight excluding hydrogens is 232 g/mol. The third-order valence-corrected chi connectivity index (χ3v) is 3.29. The van der Waals surface area contributed by atoms with Crippen LogP contribution in [0, 0.1) is 0 Å². The average Bonchev–Trinajstić information content (AvgIpc) is 2.33. The van der Waals surface area contributed by atoms with Gasteiger partial charge < -0.3 is 16.2 Å². The number of hydrogen-bond donors (Lipinski definition) is 3. The molecule has 18 heavy (non-hydrogen) atoms. The van der Waals surface area contributed by atoms with Gasteiger partial charge in [-0.3, -0.25) is 9.59 Å². The first-order valence-electron chi connectivity index (χ1n) is 5.91. The van der Waals surface area contributed by atoms with E-state index >= 15 is 0 Å². The van der Waals surface area contributed by atoms with Crippen LogP contribution in [0.3, 0.4) is 0 Å². The highest BCUT2D eigenvalue weighted by molar-refractivity contribution is 5.92. The number of amides is 2. The first kappa shape index (κ1) is 12.6. The highest BCUT2D eigenvalue weighted by atomic mass is 16.3. The van der Waals surface area contributed by atoms with Gasteiger partial charge in [0.05, 0.1) is 0 Å². The molecule has 4 N–H and O–H groups in total. The van der Waals surface area contributed by atoms with E-state index in [1.165, 1.54) is 0 Å².